The summed E-state index contributed by atoms with van der Waals surface area (Å²) in [5.74, 6) is 0.856. The van der Waals surface area contributed by atoms with Crippen molar-refractivity contribution >= 4 is 23.5 Å². The smallest absolute Gasteiger partial charge is 0.272 e. The van der Waals surface area contributed by atoms with Gasteiger partial charge in [-0.15, -0.1) is 11.3 Å². The summed E-state index contributed by atoms with van der Waals surface area (Å²) >= 11 is 1.58. The number of rotatable bonds is 7. The van der Waals surface area contributed by atoms with Gasteiger partial charge in [-0.05, 0) is 42.8 Å². The monoisotopic (exact) mass is 382 g/mol. The molecule has 2 aromatic heterocycles. The van der Waals surface area contributed by atoms with Crippen LogP contribution in [0, 0.1) is 6.92 Å². The summed E-state index contributed by atoms with van der Waals surface area (Å²) in [5, 5.41) is 6.93. The average Bonchev–Trinajstić information content (AvgIpc) is 3.12. The lowest BCUT2D eigenvalue weighted by molar-refractivity contribution is 0.0955. The number of nitrogens with zero attached hydrogens (tertiary/aromatic N) is 3. The standard InChI is InChI=1S/C19H18N4O3S/c1-13-22-16(12-27-13)11-26-17-6-5-14(8-18(17)25-2)9-21-23-19(24)15-4-3-7-20-10-15/h3-10,12H,11H2,1-2H3,(H,23,24)/b21-9-. The molecule has 3 aromatic rings. The van der Waals surface area contributed by atoms with Crippen molar-refractivity contribution in [3.8, 4) is 11.5 Å². The Hall–Kier alpha value is -3.26. The molecule has 0 atom stereocenters. The molecule has 0 unspecified atom stereocenters. The minimum Gasteiger partial charge on any atom is -0.493 e. The molecule has 0 aliphatic rings. The van der Waals surface area contributed by atoms with Crippen molar-refractivity contribution in [3.63, 3.8) is 0 Å². The third-order valence-corrected chi connectivity index (χ3v) is 4.36. The summed E-state index contributed by atoms with van der Waals surface area (Å²) < 4.78 is 11.2. The number of hydrogen-bond acceptors (Lipinski definition) is 7. The van der Waals surface area contributed by atoms with E-state index in [9.17, 15) is 4.79 Å². The van der Waals surface area contributed by atoms with E-state index >= 15 is 0 Å². The molecule has 27 heavy (non-hydrogen) atoms. The molecule has 0 aliphatic heterocycles. The summed E-state index contributed by atoms with van der Waals surface area (Å²) in [7, 11) is 1.57. The first-order valence-electron chi connectivity index (χ1n) is 8.11. The molecule has 8 heteroatoms. The second-order valence-electron chi connectivity index (χ2n) is 5.50. The van der Waals surface area contributed by atoms with Gasteiger partial charge >= 0.3 is 0 Å². The predicted octanol–water partition coefficient (Wildman–Crippen LogP) is 3.20. The Labute approximate surface area is 160 Å². The zero-order chi connectivity index (χ0) is 19.1. The van der Waals surface area contributed by atoms with Crippen LogP contribution in [0.25, 0.3) is 0 Å². The van der Waals surface area contributed by atoms with Gasteiger partial charge in [-0.3, -0.25) is 9.78 Å². The summed E-state index contributed by atoms with van der Waals surface area (Å²) in [5.41, 5.74) is 4.54. The van der Waals surface area contributed by atoms with E-state index < -0.39 is 0 Å². The van der Waals surface area contributed by atoms with Crippen LogP contribution >= 0.6 is 11.3 Å². The first-order chi connectivity index (χ1) is 13.2. The van der Waals surface area contributed by atoms with Crippen molar-refractivity contribution in [2.45, 2.75) is 13.5 Å². The number of carbonyl (C=O) groups is 1. The second kappa shape index (κ2) is 8.91. The fourth-order valence-corrected chi connectivity index (χ4v) is 2.83. The highest BCUT2D eigenvalue weighted by atomic mass is 32.1. The number of methoxy groups -OCH3 is 1. The Balaban J connectivity index is 1.62. The Morgan fingerprint density at radius 3 is 2.93 bits per heavy atom. The van der Waals surface area contributed by atoms with Crippen molar-refractivity contribution < 1.29 is 14.3 Å². The summed E-state index contributed by atoms with van der Waals surface area (Å²) in [6.45, 7) is 2.32. The minimum atomic E-state index is -0.329. The van der Waals surface area contributed by atoms with Crippen LogP contribution in [0.1, 0.15) is 26.6 Å². The third-order valence-electron chi connectivity index (χ3n) is 3.53. The quantitative estimate of drug-likeness (QED) is 0.501. The molecule has 138 valence electrons. The van der Waals surface area contributed by atoms with Crippen LogP contribution in [0.15, 0.2) is 53.2 Å². The fourth-order valence-electron chi connectivity index (χ4n) is 2.24. The molecule has 2 heterocycles. The molecule has 1 amide bonds. The van der Waals surface area contributed by atoms with E-state index in [1.807, 2.05) is 18.4 Å². The number of carbonyl (C=O) groups excluding carboxylic acids is 1. The number of hydrazone groups is 1. The number of nitrogens with one attached hydrogen (secondary N) is 1. The molecular weight excluding hydrogens is 364 g/mol. The molecule has 0 aliphatic carbocycles. The van der Waals surface area contributed by atoms with E-state index in [1.165, 1.54) is 12.4 Å². The van der Waals surface area contributed by atoms with Crippen molar-refractivity contribution in [3.05, 3.63) is 69.9 Å². The van der Waals surface area contributed by atoms with Gasteiger partial charge in [0.1, 0.15) is 6.61 Å². The van der Waals surface area contributed by atoms with Gasteiger partial charge in [-0.2, -0.15) is 5.10 Å². The van der Waals surface area contributed by atoms with Gasteiger partial charge in [0, 0.05) is 17.8 Å². The second-order valence-corrected chi connectivity index (χ2v) is 6.56. The van der Waals surface area contributed by atoms with Crippen molar-refractivity contribution in [2.24, 2.45) is 5.10 Å². The first kappa shape index (κ1) is 18.5. The van der Waals surface area contributed by atoms with Gasteiger partial charge in [0.2, 0.25) is 0 Å². The molecule has 0 bridgehead atoms. The molecule has 0 radical (unpaired) electrons. The van der Waals surface area contributed by atoms with Gasteiger partial charge in [0.05, 0.1) is 29.6 Å². The van der Waals surface area contributed by atoms with Gasteiger partial charge in [0.15, 0.2) is 11.5 Å². The topological polar surface area (TPSA) is 85.7 Å². The van der Waals surface area contributed by atoms with Crippen LogP contribution in [0.5, 0.6) is 11.5 Å². The van der Waals surface area contributed by atoms with Crippen molar-refractivity contribution in [1.29, 1.82) is 0 Å². The normalized spacial score (nSPS) is 10.7. The van der Waals surface area contributed by atoms with Crippen LogP contribution < -0.4 is 14.9 Å². The molecule has 7 nitrogen and oxygen atoms in total. The fraction of sp³-hybridized carbons (Fsp3) is 0.158. The van der Waals surface area contributed by atoms with Gasteiger partial charge in [0.25, 0.3) is 5.91 Å². The van der Waals surface area contributed by atoms with Crippen LogP contribution in [-0.4, -0.2) is 29.2 Å². The average molecular weight is 382 g/mol. The van der Waals surface area contributed by atoms with E-state index in [0.717, 1.165) is 16.3 Å². The molecule has 0 fully saturated rings. The summed E-state index contributed by atoms with van der Waals surface area (Å²) in [6, 6.07) is 8.75. The van der Waals surface area contributed by atoms with E-state index in [4.69, 9.17) is 9.47 Å². The first-order valence-corrected chi connectivity index (χ1v) is 8.99. The number of hydrogen-bond donors (Lipinski definition) is 1. The molecule has 0 saturated heterocycles. The van der Waals surface area contributed by atoms with E-state index in [1.54, 1.807) is 48.9 Å². The highest BCUT2D eigenvalue weighted by Gasteiger charge is 2.07. The zero-order valence-corrected chi connectivity index (χ0v) is 15.7. The van der Waals surface area contributed by atoms with Crippen LogP contribution in [-0.2, 0) is 6.61 Å². The maximum Gasteiger partial charge on any atom is 0.272 e. The molecule has 1 aromatic carbocycles. The minimum absolute atomic E-state index is 0.329. The summed E-state index contributed by atoms with van der Waals surface area (Å²) in [6.07, 6.45) is 4.61. The largest absolute Gasteiger partial charge is 0.493 e. The maximum absolute atomic E-state index is 11.9. The van der Waals surface area contributed by atoms with Crippen LogP contribution in [0.4, 0.5) is 0 Å². The Morgan fingerprint density at radius 1 is 1.33 bits per heavy atom. The van der Waals surface area contributed by atoms with Gasteiger partial charge in [-0.1, -0.05) is 0 Å². The number of pyridine rings is 1. The maximum atomic E-state index is 11.9. The molecule has 3 rings (SSSR count). The van der Waals surface area contributed by atoms with Crippen molar-refractivity contribution in [1.82, 2.24) is 15.4 Å². The lowest BCUT2D eigenvalue weighted by Crippen LogP contribution is -2.17. The van der Waals surface area contributed by atoms with E-state index in [0.29, 0.717) is 23.7 Å². The molecule has 1 N–H and O–H groups in total. The number of ether oxygens (including phenoxy) is 2. The SMILES string of the molecule is COc1cc(/C=N\NC(=O)c2cccnc2)ccc1OCc1csc(C)n1. The van der Waals surface area contributed by atoms with Crippen molar-refractivity contribution in [2.75, 3.05) is 7.11 Å². The zero-order valence-electron chi connectivity index (χ0n) is 14.9. The Bertz CT molecular complexity index is 941. The number of amides is 1. The predicted molar refractivity (Wildman–Crippen MR) is 103 cm³/mol. The number of thiazole rings is 1. The van der Waals surface area contributed by atoms with Crippen LogP contribution in [0.3, 0.4) is 0 Å². The lowest BCUT2D eigenvalue weighted by Gasteiger charge is -2.10. The number of aromatic nitrogens is 2. The molecule has 0 spiro atoms. The highest BCUT2D eigenvalue weighted by Crippen LogP contribution is 2.28. The Morgan fingerprint density at radius 2 is 2.22 bits per heavy atom. The third kappa shape index (κ3) is 5.11. The number of benzene rings is 1. The number of aryl methyl sites for hydroxylation is 1. The molecular formula is C19H18N4O3S. The Kier molecular flexibility index (Phi) is 6.11. The summed E-state index contributed by atoms with van der Waals surface area (Å²) in [4.78, 5) is 20.2. The lowest BCUT2D eigenvalue weighted by atomic mass is 10.2. The highest BCUT2D eigenvalue weighted by molar-refractivity contribution is 7.09. The van der Waals surface area contributed by atoms with Crippen LogP contribution in [0.2, 0.25) is 0 Å². The van der Waals surface area contributed by atoms with Gasteiger partial charge in [-0.25, -0.2) is 10.4 Å². The van der Waals surface area contributed by atoms with E-state index in [-0.39, 0.29) is 5.91 Å². The van der Waals surface area contributed by atoms with Gasteiger partial charge < -0.3 is 9.47 Å². The molecule has 0 saturated carbocycles. The van der Waals surface area contributed by atoms with E-state index in [2.05, 4.69) is 20.5 Å².